The third-order valence-electron chi connectivity index (χ3n) is 3.94. The minimum atomic E-state index is -3.00. The first kappa shape index (κ1) is 31.7. The molecular weight excluding hydrogens is 525 g/mol. The summed E-state index contributed by atoms with van der Waals surface area (Å²) in [5.74, 6) is 0. The van der Waals surface area contributed by atoms with E-state index < -0.39 is 26.9 Å². The van der Waals surface area contributed by atoms with Gasteiger partial charge in [0.1, 0.15) is 4.50 Å². The molecule has 0 N–H and O–H groups in total. The van der Waals surface area contributed by atoms with Crippen molar-refractivity contribution in [2.75, 3.05) is 75.0 Å². The summed E-state index contributed by atoms with van der Waals surface area (Å²) in [6.07, 6.45) is 0.793. The predicted molar refractivity (Wildman–Crippen MR) is 134 cm³/mol. The number of methoxy groups -OCH3 is 1. The fourth-order valence-corrected chi connectivity index (χ4v) is 23.8. The summed E-state index contributed by atoms with van der Waals surface area (Å²) < 4.78 is 50.8. The fraction of sp³-hybridized carbons (Fsp3) is 1.00. The summed E-state index contributed by atoms with van der Waals surface area (Å²) in [5, 5.41) is 0.626. The van der Waals surface area contributed by atoms with E-state index in [9.17, 15) is 0 Å². The van der Waals surface area contributed by atoms with Crippen molar-refractivity contribution in [2.24, 2.45) is 0 Å². The molecule has 0 aliphatic heterocycles. The van der Waals surface area contributed by atoms with E-state index in [0.29, 0.717) is 25.2 Å². The van der Waals surface area contributed by atoms with Crippen molar-refractivity contribution < 1.29 is 40.1 Å². The van der Waals surface area contributed by atoms with Gasteiger partial charge in [-0.15, -0.1) is 0 Å². The molecule has 0 aromatic heterocycles. The zero-order valence-corrected chi connectivity index (χ0v) is 25.4. The molecule has 0 heterocycles. The van der Waals surface area contributed by atoms with E-state index in [4.69, 9.17) is 40.1 Å². The smallest absolute Gasteiger partial charge is 0.396 e. The molecule has 2 atom stereocenters. The Balaban J connectivity index is 5.07. The third-order valence-corrected chi connectivity index (χ3v) is 23.6. The zero-order valence-electron chi connectivity index (χ0n) is 19.0. The molecule has 2 unspecified atom stereocenters. The van der Waals surface area contributed by atoms with E-state index in [-0.39, 0.29) is 4.50 Å². The fourth-order valence-electron chi connectivity index (χ4n) is 2.26. The molecule has 0 radical (unpaired) electrons. The average molecular weight is 561 g/mol. The van der Waals surface area contributed by atoms with Crippen LogP contribution in [0.25, 0.3) is 0 Å². The molecule has 0 saturated heterocycles. The molecular formula is C14H36O9S4Si3. The Kier molecular flexibility index (Phi) is 20.1. The lowest BCUT2D eigenvalue weighted by atomic mass is 10.5. The Bertz CT molecular complexity index is 396. The molecule has 0 bridgehead atoms. The lowest BCUT2D eigenvalue weighted by Gasteiger charge is -2.34. The van der Waals surface area contributed by atoms with Gasteiger partial charge in [-0.05, 0) is 33.0 Å². The van der Waals surface area contributed by atoms with Crippen molar-refractivity contribution in [3.8, 4) is 0 Å². The Hall–Kier alpha value is 1.69. The molecule has 0 fully saturated rings. The second-order valence-corrected chi connectivity index (χ2v) is 21.7. The van der Waals surface area contributed by atoms with E-state index in [1.807, 2.05) is 6.92 Å². The molecule has 16 heteroatoms. The molecule has 182 valence electrons. The topological polar surface area (TPSA) is 83.1 Å². The molecule has 0 aliphatic carbocycles. The van der Waals surface area contributed by atoms with Crippen LogP contribution in [0.5, 0.6) is 0 Å². The van der Waals surface area contributed by atoms with Gasteiger partial charge in [0.25, 0.3) is 0 Å². The predicted octanol–water partition coefficient (Wildman–Crippen LogP) is 2.72. The van der Waals surface area contributed by atoms with Gasteiger partial charge in [-0.3, -0.25) is 0 Å². The van der Waals surface area contributed by atoms with Crippen molar-refractivity contribution in [1.82, 2.24) is 0 Å². The number of hydrogen-bond acceptors (Lipinski definition) is 13. The van der Waals surface area contributed by atoms with E-state index in [1.54, 1.807) is 91.0 Å². The van der Waals surface area contributed by atoms with Crippen molar-refractivity contribution in [2.45, 2.75) is 17.8 Å². The van der Waals surface area contributed by atoms with Crippen molar-refractivity contribution >= 4 is 68.1 Å². The minimum Gasteiger partial charge on any atom is -0.396 e. The van der Waals surface area contributed by atoms with Crippen molar-refractivity contribution in [3.05, 3.63) is 0 Å². The summed E-state index contributed by atoms with van der Waals surface area (Å²) in [6.45, 7) is 3.70. The van der Waals surface area contributed by atoms with Crippen LogP contribution in [0.2, 0.25) is 0 Å². The highest BCUT2D eigenvalue weighted by molar-refractivity contribution is 9.26. The average Bonchev–Trinajstić information content (AvgIpc) is 2.79. The normalized spacial score (nSPS) is 14.8. The second kappa shape index (κ2) is 19.0. The molecule has 0 aromatic carbocycles. The van der Waals surface area contributed by atoms with Gasteiger partial charge in [0.2, 0.25) is 0 Å². The van der Waals surface area contributed by atoms with Gasteiger partial charge in [0.15, 0.2) is 0 Å². The molecule has 0 amide bonds. The Labute approximate surface area is 200 Å². The second-order valence-electron chi connectivity index (χ2n) is 5.47. The SMILES string of the molecule is CCO[SiH](OCCCOC)C(SSSSC[Si](OC)(OC)OC)[Si](OC)(OC)OC. The summed E-state index contributed by atoms with van der Waals surface area (Å²) in [7, 11) is 9.96. The molecule has 0 spiro atoms. The van der Waals surface area contributed by atoms with Crippen LogP contribution in [-0.2, 0) is 40.1 Å². The maximum Gasteiger partial charge on any atom is 0.516 e. The van der Waals surface area contributed by atoms with Gasteiger partial charge in [0.05, 0.1) is 5.38 Å². The number of hydrogen-bond donors (Lipinski definition) is 0. The lowest BCUT2D eigenvalue weighted by molar-refractivity contribution is 0.117. The Morgan fingerprint density at radius 3 is 1.83 bits per heavy atom. The van der Waals surface area contributed by atoms with Crippen LogP contribution in [0, 0.1) is 0 Å². The van der Waals surface area contributed by atoms with Gasteiger partial charge in [-0.2, -0.15) is 0 Å². The molecule has 30 heavy (non-hydrogen) atoms. The van der Waals surface area contributed by atoms with Gasteiger partial charge >= 0.3 is 26.9 Å². The van der Waals surface area contributed by atoms with Gasteiger partial charge < -0.3 is 40.1 Å². The maximum absolute atomic E-state index is 6.15. The molecule has 0 saturated carbocycles. The largest absolute Gasteiger partial charge is 0.516 e. The van der Waals surface area contributed by atoms with Crippen LogP contribution in [0.15, 0.2) is 0 Å². The van der Waals surface area contributed by atoms with Crippen LogP contribution >= 0.6 is 41.2 Å². The Morgan fingerprint density at radius 1 is 0.767 bits per heavy atom. The first-order valence-corrected chi connectivity index (χ1v) is 19.5. The third kappa shape index (κ3) is 10.7. The summed E-state index contributed by atoms with van der Waals surface area (Å²) in [4.78, 5) is 0. The number of ether oxygens (including phenoxy) is 1. The minimum absolute atomic E-state index is 0.160. The van der Waals surface area contributed by atoms with Crippen LogP contribution in [0.3, 0.4) is 0 Å². The monoisotopic (exact) mass is 560 g/mol. The lowest BCUT2D eigenvalue weighted by Crippen LogP contribution is -2.60. The highest BCUT2D eigenvalue weighted by atomic mass is 33.7. The highest BCUT2D eigenvalue weighted by Gasteiger charge is 2.54. The molecule has 0 rings (SSSR count). The molecule has 0 aromatic rings. The zero-order chi connectivity index (χ0) is 22.9. The standard InChI is InChI=1S/C14H36O9S4Si3/c1-9-22-28(23-12-10-11-15-2)14(30(19-6,20-7)21-8)25-27-26-24-13-29(16-3,17-4)18-5/h14,28H,9-13H2,1-8H3. The first-order chi connectivity index (χ1) is 14.5. The van der Waals surface area contributed by atoms with Crippen LogP contribution < -0.4 is 0 Å². The Morgan fingerprint density at radius 2 is 1.37 bits per heavy atom. The first-order valence-electron chi connectivity index (χ1n) is 9.13. The van der Waals surface area contributed by atoms with Gasteiger partial charge in [0, 0.05) is 69.6 Å². The van der Waals surface area contributed by atoms with Crippen molar-refractivity contribution in [1.29, 1.82) is 0 Å². The van der Waals surface area contributed by atoms with Crippen LogP contribution in [0.1, 0.15) is 13.3 Å². The van der Waals surface area contributed by atoms with Crippen LogP contribution in [0.4, 0.5) is 0 Å². The van der Waals surface area contributed by atoms with E-state index in [2.05, 4.69) is 0 Å². The maximum atomic E-state index is 6.15. The molecule has 0 aliphatic rings. The number of rotatable bonds is 21. The summed E-state index contributed by atoms with van der Waals surface area (Å²) in [6, 6.07) is 0. The van der Waals surface area contributed by atoms with E-state index in [1.165, 1.54) is 0 Å². The highest BCUT2D eigenvalue weighted by Crippen LogP contribution is 2.48. The quantitative estimate of drug-likeness (QED) is 0.117. The van der Waals surface area contributed by atoms with Gasteiger partial charge in [-0.25, -0.2) is 0 Å². The van der Waals surface area contributed by atoms with E-state index >= 15 is 0 Å². The molecule has 9 nitrogen and oxygen atoms in total. The van der Waals surface area contributed by atoms with E-state index in [0.717, 1.165) is 6.42 Å². The van der Waals surface area contributed by atoms with Crippen molar-refractivity contribution in [3.63, 3.8) is 0 Å². The summed E-state index contributed by atoms with van der Waals surface area (Å²) >= 11 is 0. The van der Waals surface area contributed by atoms with Crippen LogP contribution in [-0.4, -0.2) is 106 Å². The van der Waals surface area contributed by atoms with Gasteiger partial charge in [-0.1, -0.05) is 21.6 Å². The summed E-state index contributed by atoms with van der Waals surface area (Å²) in [5.41, 5.74) is 0.